The lowest BCUT2D eigenvalue weighted by Crippen LogP contribution is -2.28. The van der Waals surface area contributed by atoms with Crippen molar-refractivity contribution in [3.8, 4) is 6.01 Å². The maximum atomic E-state index is 10.0. The molecule has 6 nitrogen and oxygen atoms in total. The number of hydrogen-bond acceptors (Lipinski definition) is 6. The average molecular weight is 289 g/mol. The van der Waals surface area contributed by atoms with Crippen molar-refractivity contribution >= 4 is 17.5 Å². The smallest absolute Gasteiger partial charge is 0.322 e. The zero-order chi connectivity index (χ0) is 14.3. The van der Waals surface area contributed by atoms with Crippen LogP contribution in [-0.2, 0) is 0 Å². The largest absolute Gasteiger partial charge is 0.464 e. The summed E-state index contributed by atoms with van der Waals surface area (Å²) in [5, 5.41) is 13.0. The fourth-order valence-electron chi connectivity index (χ4n) is 1.80. The Morgan fingerprint density at radius 2 is 1.89 bits per heavy atom. The van der Waals surface area contributed by atoms with E-state index < -0.39 is 6.10 Å². The van der Waals surface area contributed by atoms with Crippen LogP contribution in [0.1, 0.15) is 33.6 Å². The van der Waals surface area contributed by atoms with Crippen molar-refractivity contribution in [1.82, 2.24) is 15.0 Å². The van der Waals surface area contributed by atoms with Crippen LogP contribution in [0.5, 0.6) is 6.01 Å². The third-order valence-electron chi connectivity index (χ3n) is 2.92. The monoisotopic (exact) mass is 288 g/mol. The van der Waals surface area contributed by atoms with Gasteiger partial charge in [-0.15, -0.1) is 0 Å². The van der Waals surface area contributed by atoms with Gasteiger partial charge in [0.2, 0.25) is 11.2 Å². The molecule has 0 saturated heterocycles. The molecule has 108 valence electrons. The minimum absolute atomic E-state index is 0.0676. The standard InChI is InChI=1S/C12H21ClN4O2/c1-4-8(5-2)9(18)7-14-11-15-10(13)16-12(17-11)19-6-3/h8-9,18H,4-7H2,1-3H3,(H,14,15,16,17). The Bertz CT molecular complexity index is 388. The molecular formula is C12H21ClN4O2. The molecule has 0 aliphatic heterocycles. The lowest BCUT2D eigenvalue weighted by Gasteiger charge is -2.20. The molecule has 0 bridgehead atoms. The lowest BCUT2D eigenvalue weighted by molar-refractivity contribution is 0.114. The zero-order valence-corrected chi connectivity index (χ0v) is 12.3. The minimum atomic E-state index is -0.443. The van der Waals surface area contributed by atoms with Gasteiger partial charge in [0.05, 0.1) is 12.7 Å². The summed E-state index contributed by atoms with van der Waals surface area (Å²) >= 11 is 5.77. The number of nitrogens with one attached hydrogen (secondary N) is 1. The van der Waals surface area contributed by atoms with Crippen molar-refractivity contribution < 1.29 is 9.84 Å². The molecule has 0 fully saturated rings. The third-order valence-corrected chi connectivity index (χ3v) is 3.09. The highest BCUT2D eigenvalue weighted by molar-refractivity contribution is 6.28. The van der Waals surface area contributed by atoms with Gasteiger partial charge in [0, 0.05) is 6.54 Å². The Morgan fingerprint density at radius 3 is 2.47 bits per heavy atom. The first kappa shape index (κ1) is 15.9. The zero-order valence-electron chi connectivity index (χ0n) is 11.6. The summed E-state index contributed by atoms with van der Waals surface area (Å²) in [5.74, 6) is 0.574. The Morgan fingerprint density at radius 1 is 1.21 bits per heavy atom. The number of aromatic nitrogens is 3. The Labute approximate surface area is 118 Å². The highest BCUT2D eigenvalue weighted by atomic mass is 35.5. The SMILES string of the molecule is CCOc1nc(Cl)nc(NCC(O)C(CC)CC)n1. The van der Waals surface area contributed by atoms with E-state index in [0.717, 1.165) is 12.8 Å². The number of ether oxygens (including phenoxy) is 1. The summed E-state index contributed by atoms with van der Waals surface area (Å²) < 4.78 is 5.17. The summed E-state index contributed by atoms with van der Waals surface area (Å²) in [7, 11) is 0. The first-order valence-electron chi connectivity index (χ1n) is 6.56. The summed E-state index contributed by atoms with van der Waals surface area (Å²) in [5.41, 5.74) is 0. The van der Waals surface area contributed by atoms with Crippen LogP contribution in [0.2, 0.25) is 5.28 Å². The number of aliphatic hydroxyl groups excluding tert-OH is 1. The van der Waals surface area contributed by atoms with E-state index in [1.807, 2.05) is 6.92 Å². The molecule has 19 heavy (non-hydrogen) atoms. The molecule has 1 unspecified atom stereocenters. The quantitative estimate of drug-likeness (QED) is 0.763. The molecule has 0 radical (unpaired) electrons. The predicted octanol–water partition coefficient (Wildman–Crippen LogP) is 2.13. The van der Waals surface area contributed by atoms with Crippen molar-refractivity contribution in [2.75, 3.05) is 18.5 Å². The molecule has 0 aromatic carbocycles. The van der Waals surface area contributed by atoms with E-state index in [-0.39, 0.29) is 17.2 Å². The number of hydrogen-bond donors (Lipinski definition) is 2. The average Bonchev–Trinajstić information content (AvgIpc) is 2.37. The van der Waals surface area contributed by atoms with Gasteiger partial charge in [-0.3, -0.25) is 0 Å². The maximum absolute atomic E-state index is 10.0. The van der Waals surface area contributed by atoms with E-state index in [1.165, 1.54) is 0 Å². The Kier molecular flexibility index (Phi) is 6.80. The third kappa shape index (κ3) is 5.16. The van der Waals surface area contributed by atoms with Gasteiger partial charge in [0.25, 0.3) is 0 Å². The van der Waals surface area contributed by atoms with Crippen LogP contribution in [0, 0.1) is 5.92 Å². The summed E-state index contributed by atoms with van der Waals surface area (Å²) in [6.07, 6.45) is 1.42. The second-order valence-electron chi connectivity index (χ2n) is 4.17. The number of aliphatic hydroxyl groups is 1. The topological polar surface area (TPSA) is 80.2 Å². The van der Waals surface area contributed by atoms with Crippen LogP contribution in [0.4, 0.5) is 5.95 Å². The van der Waals surface area contributed by atoms with Crippen LogP contribution < -0.4 is 10.1 Å². The van der Waals surface area contributed by atoms with E-state index in [1.54, 1.807) is 0 Å². The molecule has 0 aliphatic rings. The fourth-order valence-corrected chi connectivity index (χ4v) is 1.95. The van der Waals surface area contributed by atoms with Gasteiger partial charge in [-0.25, -0.2) is 0 Å². The molecule has 1 aromatic rings. The van der Waals surface area contributed by atoms with E-state index in [0.29, 0.717) is 19.1 Å². The van der Waals surface area contributed by atoms with E-state index in [9.17, 15) is 5.11 Å². The van der Waals surface area contributed by atoms with Gasteiger partial charge in [0.15, 0.2) is 0 Å². The summed E-state index contributed by atoms with van der Waals surface area (Å²) in [4.78, 5) is 11.8. The molecular weight excluding hydrogens is 268 g/mol. The molecule has 1 rings (SSSR count). The van der Waals surface area contributed by atoms with Crippen LogP contribution in [-0.4, -0.2) is 39.3 Å². The molecule has 7 heteroatoms. The molecule has 0 amide bonds. The second kappa shape index (κ2) is 8.12. The van der Waals surface area contributed by atoms with Crippen LogP contribution in [0.25, 0.3) is 0 Å². The Balaban J connectivity index is 2.61. The second-order valence-corrected chi connectivity index (χ2v) is 4.51. The van der Waals surface area contributed by atoms with E-state index in [4.69, 9.17) is 16.3 Å². The maximum Gasteiger partial charge on any atom is 0.322 e. The first-order chi connectivity index (χ1) is 9.10. The number of halogens is 1. The van der Waals surface area contributed by atoms with Gasteiger partial charge in [-0.05, 0) is 24.4 Å². The van der Waals surface area contributed by atoms with Crippen molar-refractivity contribution in [3.63, 3.8) is 0 Å². The van der Waals surface area contributed by atoms with Crippen LogP contribution in [0.3, 0.4) is 0 Å². The van der Waals surface area contributed by atoms with Crippen molar-refractivity contribution in [3.05, 3.63) is 5.28 Å². The summed E-state index contributed by atoms with van der Waals surface area (Å²) in [6, 6.07) is 0.182. The molecule has 2 N–H and O–H groups in total. The normalized spacial score (nSPS) is 12.5. The first-order valence-corrected chi connectivity index (χ1v) is 6.94. The molecule has 1 aromatic heterocycles. The highest BCUT2D eigenvalue weighted by Gasteiger charge is 2.16. The van der Waals surface area contributed by atoms with Crippen molar-refractivity contribution in [1.29, 1.82) is 0 Å². The van der Waals surface area contributed by atoms with Crippen LogP contribution >= 0.6 is 11.6 Å². The van der Waals surface area contributed by atoms with E-state index in [2.05, 4.69) is 34.1 Å². The molecule has 0 aliphatic carbocycles. The van der Waals surface area contributed by atoms with Gasteiger partial charge in [-0.2, -0.15) is 15.0 Å². The van der Waals surface area contributed by atoms with Gasteiger partial charge < -0.3 is 15.2 Å². The molecule has 0 spiro atoms. The number of nitrogens with zero attached hydrogens (tertiary/aromatic N) is 3. The van der Waals surface area contributed by atoms with Gasteiger partial charge in [0.1, 0.15) is 0 Å². The molecule has 1 atom stereocenters. The van der Waals surface area contributed by atoms with Crippen LogP contribution in [0.15, 0.2) is 0 Å². The van der Waals surface area contributed by atoms with E-state index >= 15 is 0 Å². The summed E-state index contributed by atoms with van der Waals surface area (Å²) in [6.45, 7) is 6.78. The fraction of sp³-hybridized carbons (Fsp3) is 0.750. The Hall–Kier alpha value is -1.14. The highest BCUT2D eigenvalue weighted by Crippen LogP contribution is 2.15. The minimum Gasteiger partial charge on any atom is -0.464 e. The lowest BCUT2D eigenvalue weighted by atomic mass is 9.97. The molecule has 0 saturated carbocycles. The van der Waals surface area contributed by atoms with Gasteiger partial charge in [-0.1, -0.05) is 26.7 Å². The van der Waals surface area contributed by atoms with Gasteiger partial charge >= 0.3 is 6.01 Å². The number of rotatable bonds is 8. The van der Waals surface area contributed by atoms with Crippen molar-refractivity contribution in [2.24, 2.45) is 5.92 Å². The van der Waals surface area contributed by atoms with Crippen molar-refractivity contribution in [2.45, 2.75) is 39.7 Å². The molecule has 1 heterocycles. The number of anilines is 1. The predicted molar refractivity (Wildman–Crippen MR) is 74.6 cm³/mol.